The quantitative estimate of drug-likeness (QED) is 0.278. The van der Waals surface area contributed by atoms with E-state index in [4.69, 9.17) is 0 Å². The first-order valence-corrected chi connectivity index (χ1v) is 12.0. The number of nitrogens with zero attached hydrogens (tertiary/aromatic N) is 1. The molecule has 4 aromatic rings. The molecule has 4 aromatic carbocycles. The van der Waals surface area contributed by atoms with Gasteiger partial charge in [0.05, 0.1) is 0 Å². The number of hydrogen-bond acceptors (Lipinski definition) is 2. The third-order valence-corrected chi connectivity index (χ3v) is 7.07. The molecule has 0 spiro atoms. The molecule has 174 valence electrons. The maximum Gasteiger partial charge on any atom is 0.0492 e. The Morgan fingerprint density at radius 2 is 0.765 bits per heavy atom. The van der Waals surface area contributed by atoms with Crippen LogP contribution in [0.5, 0.6) is 0 Å². The molecule has 2 nitrogen and oxygen atoms in total. The number of hydroxylamine groups is 2. The summed E-state index contributed by atoms with van der Waals surface area (Å²) in [5.74, 6) is 0. The van der Waals surface area contributed by atoms with E-state index in [-0.39, 0.29) is 10.8 Å². The van der Waals surface area contributed by atoms with Gasteiger partial charge in [-0.2, -0.15) is 5.06 Å². The predicted molar refractivity (Wildman–Crippen MR) is 141 cm³/mol. The number of benzene rings is 4. The van der Waals surface area contributed by atoms with Gasteiger partial charge in [0.15, 0.2) is 0 Å². The topological polar surface area (TPSA) is 23.5 Å². The highest BCUT2D eigenvalue weighted by molar-refractivity contribution is 5.40. The minimum absolute atomic E-state index is 0.0615. The van der Waals surface area contributed by atoms with Gasteiger partial charge in [-0.25, -0.2) is 0 Å². The molecule has 0 atom stereocenters. The molecule has 34 heavy (non-hydrogen) atoms. The van der Waals surface area contributed by atoms with Crippen LogP contribution >= 0.6 is 0 Å². The normalized spacial score (nSPS) is 12.2. The van der Waals surface area contributed by atoms with Gasteiger partial charge in [-0.05, 0) is 33.4 Å². The Balaban J connectivity index is 1.39. The molecule has 0 aliphatic heterocycles. The first kappa shape index (κ1) is 23.9. The van der Waals surface area contributed by atoms with Crippen LogP contribution in [0.3, 0.4) is 0 Å². The smallest absolute Gasteiger partial charge is 0.0492 e. The molecule has 0 radical (unpaired) electrons. The Hall–Kier alpha value is -3.20. The van der Waals surface area contributed by atoms with Crippen molar-refractivity contribution in [2.24, 2.45) is 0 Å². The van der Waals surface area contributed by atoms with Crippen molar-refractivity contribution in [1.82, 2.24) is 5.06 Å². The zero-order valence-electron chi connectivity index (χ0n) is 20.7. The lowest BCUT2D eigenvalue weighted by atomic mass is 9.78. The lowest BCUT2D eigenvalue weighted by molar-refractivity contribution is -0.108. The van der Waals surface area contributed by atoms with Crippen LogP contribution in [0.1, 0.15) is 61.1 Å². The molecule has 0 heterocycles. The molecular weight excluding hydrogens is 414 g/mol. The third kappa shape index (κ3) is 5.30. The van der Waals surface area contributed by atoms with Gasteiger partial charge in [-0.15, -0.1) is 0 Å². The minimum atomic E-state index is -0.0615. The Morgan fingerprint density at radius 3 is 1.09 bits per heavy atom. The van der Waals surface area contributed by atoms with Gasteiger partial charge in [0.2, 0.25) is 0 Å². The first-order chi connectivity index (χ1) is 16.3. The van der Waals surface area contributed by atoms with Crippen molar-refractivity contribution in [3.05, 3.63) is 143 Å². The SMILES string of the molecule is CC(C)(c1ccccc1)c1ccc(CN(O)Cc2ccc(C(C)(C)c3ccccc3)cc2)cc1. The summed E-state index contributed by atoms with van der Waals surface area (Å²) >= 11 is 0. The van der Waals surface area contributed by atoms with E-state index in [2.05, 4.69) is 137 Å². The van der Waals surface area contributed by atoms with Crippen molar-refractivity contribution in [3.8, 4) is 0 Å². The molecule has 1 N–H and O–H groups in total. The Kier molecular flexibility index (Phi) is 7.02. The van der Waals surface area contributed by atoms with E-state index in [1.165, 1.54) is 27.3 Å². The second-order valence-corrected chi connectivity index (χ2v) is 10.2. The van der Waals surface area contributed by atoms with Gasteiger partial charge in [0.25, 0.3) is 0 Å². The molecule has 0 aliphatic carbocycles. The van der Waals surface area contributed by atoms with Gasteiger partial charge in [0.1, 0.15) is 0 Å². The zero-order valence-corrected chi connectivity index (χ0v) is 20.7. The van der Waals surface area contributed by atoms with E-state index >= 15 is 0 Å². The molecule has 0 unspecified atom stereocenters. The molecule has 2 heteroatoms. The summed E-state index contributed by atoms with van der Waals surface area (Å²) in [4.78, 5) is 0. The average molecular weight is 450 g/mol. The average Bonchev–Trinajstić information content (AvgIpc) is 2.86. The molecule has 0 saturated heterocycles. The van der Waals surface area contributed by atoms with Crippen molar-refractivity contribution in [1.29, 1.82) is 0 Å². The highest BCUT2D eigenvalue weighted by Crippen LogP contribution is 2.32. The Bertz CT molecular complexity index is 1080. The van der Waals surface area contributed by atoms with E-state index in [0.29, 0.717) is 13.1 Å². The Labute approximate surface area is 204 Å². The molecule has 4 rings (SSSR count). The molecule has 0 saturated carbocycles. The van der Waals surface area contributed by atoms with E-state index < -0.39 is 0 Å². The largest absolute Gasteiger partial charge is 0.313 e. The number of rotatable bonds is 8. The molecule has 0 aliphatic rings. The fraction of sp³-hybridized carbons (Fsp3) is 0.250. The highest BCUT2D eigenvalue weighted by atomic mass is 16.5. The van der Waals surface area contributed by atoms with Crippen molar-refractivity contribution in [2.75, 3.05) is 0 Å². The van der Waals surface area contributed by atoms with Crippen molar-refractivity contribution in [2.45, 2.75) is 51.6 Å². The fourth-order valence-corrected chi connectivity index (χ4v) is 4.57. The van der Waals surface area contributed by atoms with Crippen LogP contribution in [0.15, 0.2) is 109 Å². The van der Waals surface area contributed by atoms with Gasteiger partial charge < -0.3 is 5.21 Å². The monoisotopic (exact) mass is 449 g/mol. The van der Waals surface area contributed by atoms with Crippen LogP contribution in [0.4, 0.5) is 0 Å². The van der Waals surface area contributed by atoms with Crippen molar-refractivity contribution >= 4 is 0 Å². The second kappa shape index (κ2) is 9.97. The van der Waals surface area contributed by atoms with E-state index in [0.717, 1.165) is 11.1 Å². The van der Waals surface area contributed by atoms with Crippen LogP contribution in [0.25, 0.3) is 0 Å². The van der Waals surface area contributed by atoms with Gasteiger partial charge >= 0.3 is 0 Å². The van der Waals surface area contributed by atoms with Crippen molar-refractivity contribution < 1.29 is 5.21 Å². The second-order valence-electron chi connectivity index (χ2n) is 10.2. The van der Waals surface area contributed by atoms with Crippen LogP contribution in [0.2, 0.25) is 0 Å². The molecular formula is C32H35NO. The maximum absolute atomic E-state index is 10.6. The van der Waals surface area contributed by atoms with E-state index in [9.17, 15) is 5.21 Å². The summed E-state index contributed by atoms with van der Waals surface area (Å²) in [6.07, 6.45) is 0. The summed E-state index contributed by atoms with van der Waals surface area (Å²) < 4.78 is 0. The number of hydrogen-bond donors (Lipinski definition) is 1. The minimum Gasteiger partial charge on any atom is -0.313 e. The molecule has 0 amide bonds. The molecule has 0 bridgehead atoms. The van der Waals surface area contributed by atoms with Crippen molar-refractivity contribution in [3.63, 3.8) is 0 Å². The van der Waals surface area contributed by atoms with Gasteiger partial charge in [-0.3, -0.25) is 0 Å². The van der Waals surface area contributed by atoms with E-state index in [1.54, 1.807) is 0 Å². The van der Waals surface area contributed by atoms with E-state index in [1.807, 2.05) is 0 Å². The van der Waals surface area contributed by atoms with Crippen LogP contribution in [-0.2, 0) is 23.9 Å². The van der Waals surface area contributed by atoms with Crippen LogP contribution in [-0.4, -0.2) is 10.3 Å². The lowest BCUT2D eigenvalue weighted by Crippen LogP contribution is -2.21. The Morgan fingerprint density at radius 1 is 0.471 bits per heavy atom. The van der Waals surface area contributed by atoms with Crippen LogP contribution < -0.4 is 0 Å². The summed E-state index contributed by atoms with van der Waals surface area (Å²) in [6.45, 7) is 9.97. The highest BCUT2D eigenvalue weighted by Gasteiger charge is 2.23. The summed E-state index contributed by atoms with van der Waals surface area (Å²) in [7, 11) is 0. The predicted octanol–water partition coefficient (Wildman–Crippen LogP) is 7.73. The summed E-state index contributed by atoms with van der Waals surface area (Å²) in [5.41, 5.74) is 7.19. The molecule has 0 fully saturated rings. The maximum atomic E-state index is 10.6. The lowest BCUT2D eigenvalue weighted by Gasteiger charge is -2.27. The molecule has 0 aromatic heterocycles. The summed E-state index contributed by atoms with van der Waals surface area (Å²) in [5, 5.41) is 12.0. The zero-order chi connectivity index (χ0) is 24.2. The fourth-order valence-electron chi connectivity index (χ4n) is 4.57. The standard InChI is InChI=1S/C32H35NO/c1-31(2,27-11-7-5-8-12-27)29-19-15-25(16-20-29)23-33(34)24-26-17-21-30(22-18-26)32(3,4)28-13-9-6-10-14-28/h5-22,34H,23-24H2,1-4H3. The third-order valence-electron chi connectivity index (χ3n) is 7.07. The first-order valence-electron chi connectivity index (χ1n) is 12.0. The van der Waals surface area contributed by atoms with Crippen LogP contribution in [0, 0.1) is 0 Å². The summed E-state index contributed by atoms with van der Waals surface area (Å²) in [6, 6.07) is 38.3. The van der Waals surface area contributed by atoms with Gasteiger partial charge in [0, 0.05) is 23.9 Å². The van der Waals surface area contributed by atoms with Gasteiger partial charge in [-0.1, -0.05) is 137 Å².